The zero-order valence-electron chi connectivity index (χ0n) is 14.1. The second kappa shape index (κ2) is 7.59. The van der Waals surface area contributed by atoms with Gasteiger partial charge in [-0.1, -0.05) is 60.2 Å². The van der Waals surface area contributed by atoms with Crippen molar-refractivity contribution in [2.24, 2.45) is 0 Å². The maximum Gasteiger partial charge on any atom is 0.237 e. The van der Waals surface area contributed by atoms with Gasteiger partial charge in [-0.2, -0.15) is 0 Å². The molecule has 0 heterocycles. The van der Waals surface area contributed by atoms with E-state index in [0.29, 0.717) is 0 Å². The van der Waals surface area contributed by atoms with Crippen LogP contribution >= 0.6 is 0 Å². The normalized spacial score (nSPS) is 12.8. The molecule has 24 heavy (non-hydrogen) atoms. The molecule has 6 heteroatoms. The smallest absolute Gasteiger partial charge is 0.237 e. The highest BCUT2D eigenvalue weighted by Gasteiger charge is 2.22. The Morgan fingerprint density at radius 2 is 1.54 bits per heavy atom. The molecule has 1 amide bonds. The van der Waals surface area contributed by atoms with Crippen LogP contribution in [0.15, 0.2) is 54.6 Å². The van der Waals surface area contributed by atoms with E-state index in [2.05, 4.69) is 5.32 Å². The number of rotatable bonds is 6. The molecule has 0 aliphatic carbocycles. The van der Waals surface area contributed by atoms with Gasteiger partial charge in [-0.25, -0.2) is 12.7 Å². The molecule has 0 saturated heterocycles. The molecule has 5 nitrogen and oxygen atoms in total. The number of carbonyl (C=O) groups excluding carboxylic acids is 1. The van der Waals surface area contributed by atoms with Crippen LogP contribution in [0.4, 0.5) is 0 Å². The van der Waals surface area contributed by atoms with E-state index in [9.17, 15) is 13.2 Å². The molecule has 0 aliphatic rings. The zero-order chi connectivity index (χ0) is 17.7. The van der Waals surface area contributed by atoms with E-state index in [1.54, 1.807) is 0 Å². The Balaban J connectivity index is 2.27. The van der Waals surface area contributed by atoms with Crippen molar-refractivity contribution in [3.05, 3.63) is 71.3 Å². The van der Waals surface area contributed by atoms with Crippen LogP contribution in [0.1, 0.15) is 22.7 Å². The first-order chi connectivity index (χ1) is 11.3. The van der Waals surface area contributed by atoms with Crippen LogP contribution in [0.5, 0.6) is 0 Å². The number of sulfonamides is 1. The predicted molar refractivity (Wildman–Crippen MR) is 95.1 cm³/mol. The van der Waals surface area contributed by atoms with Crippen molar-refractivity contribution in [2.45, 2.75) is 13.0 Å². The average molecular weight is 346 g/mol. The summed E-state index contributed by atoms with van der Waals surface area (Å²) < 4.78 is 24.9. The van der Waals surface area contributed by atoms with Crippen LogP contribution in [0.25, 0.3) is 0 Å². The minimum atomic E-state index is -3.59. The number of hydrogen-bond donors (Lipinski definition) is 1. The van der Waals surface area contributed by atoms with Gasteiger partial charge in [-0.05, 0) is 18.1 Å². The van der Waals surface area contributed by atoms with Crippen molar-refractivity contribution < 1.29 is 13.2 Å². The number of nitrogens with one attached hydrogen (secondary N) is 1. The maximum atomic E-state index is 12.3. The summed E-state index contributed by atoms with van der Waals surface area (Å²) in [5.41, 5.74) is 2.92. The molecule has 2 rings (SSSR count). The van der Waals surface area contributed by atoms with Crippen LogP contribution in [-0.2, 0) is 14.8 Å². The van der Waals surface area contributed by atoms with Gasteiger partial charge in [0.25, 0.3) is 0 Å². The number of hydrogen-bond acceptors (Lipinski definition) is 3. The van der Waals surface area contributed by atoms with Crippen LogP contribution in [-0.4, -0.2) is 38.5 Å². The highest BCUT2D eigenvalue weighted by Crippen LogP contribution is 2.22. The Kier molecular flexibility index (Phi) is 5.75. The minimum absolute atomic E-state index is 0.392. The van der Waals surface area contributed by atoms with E-state index < -0.39 is 27.7 Å². The summed E-state index contributed by atoms with van der Waals surface area (Å²) in [6.45, 7) is 1.99. The fourth-order valence-electron chi connectivity index (χ4n) is 2.26. The monoisotopic (exact) mass is 346 g/mol. The second-order valence-electron chi connectivity index (χ2n) is 5.86. The quantitative estimate of drug-likeness (QED) is 0.871. The summed E-state index contributed by atoms with van der Waals surface area (Å²) in [6, 6.07) is 16.9. The first kappa shape index (κ1) is 18.2. The molecule has 0 aromatic heterocycles. The third-order valence-electron chi connectivity index (χ3n) is 3.72. The molecule has 0 saturated carbocycles. The molecule has 1 N–H and O–H groups in total. The molecular formula is C18H22N2O3S. The Labute approximate surface area is 143 Å². The van der Waals surface area contributed by atoms with E-state index >= 15 is 0 Å². The number of nitrogens with zero attached hydrogens (tertiary/aromatic N) is 1. The van der Waals surface area contributed by atoms with Crippen molar-refractivity contribution in [3.63, 3.8) is 0 Å². The molecule has 2 aromatic rings. The minimum Gasteiger partial charge on any atom is -0.344 e. The van der Waals surface area contributed by atoms with Crippen molar-refractivity contribution in [3.8, 4) is 0 Å². The van der Waals surface area contributed by atoms with Gasteiger partial charge < -0.3 is 5.32 Å². The van der Waals surface area contributed by atoms with Gasteiger partial charge in [0.1, 0.15) is 5.75 Å². The maximum absolute atomic E-state index is 12.3. The van der Waals surface area contributed by atoms with Crippen molar-refractivity contribution in [2.75, 3.05) is 19.8 Å². The third-order valence-corrected chi connectivity index (χ3v) is 5.46. The summed E-state index contributed by atoms with van der Waals surface area (Å²) in [5.74, 6) is -1.10. The van der Waals surface area contributed by atoms with Crippen LogP contribution in [0, 0.1) is 6.92 Å². The SMILES string of the molecule is Cc1ccc([C@@H](NC(=O)CS(=O)(=O)N(C)C)c2ccccc2)cc1. The summed E-state index contributed by atoms with van der Waals surface area (Å²) in [5, 5.41) is 2.84. The number of aryl methyl sites for hydroxylation is 1. The molecule has 0 aliphatic heterocycles. The van der Waals surface area contributed by atoms with E-state index in [1.807, 2.05) is 61.5 Å². The highest BCUT2D eigenvalue weighted by atomic mass is 32.2. The molecular weight excluding hydrogens is 324 g/mol. The molecule has 0 spiro atoms. The summed E-state index contributed by atoms with van der Waals surface area (Å²) in [7, 11) is -0.765. The Bertz CT molecular complexity index is 785. The molecule has 1 atom stereocenters. The van der Waals surface area contributed by atoms with E-state index in [4.69, 9.17) is 0 Å². The number of amides is 1. The molecule has 0 unspecified atom stereocenters. The Morgan fingerprint density at radius 1 is 1.00 bits per heavy atom. The van der Waals surface area contributed by atoms with Crippen LogP contribution in [0.3, 0.4) is 0 Å². The summed E-state index contributed by atoms with van der Waals surface area (Å²) in [6.07, 6.45) is 0. The van der Waals surface area contributed by atoms with Crippen molar-refractivity contribution >= 4 is 15.9 Å². The van der Waals surface area contributed by atoms with E-state index in [-0.39, 0.29) is 0 Å². The van der Waals surface area contributed by atoms with Gasteiger partial charge in [0.15, 0.2) is 0 Å². The van der Waals surface area contributed by atoms with Gasteiger partial charge in [-0.15, -0.1) is 0 Å². The fourth-order valence-corrected chi connectivity index (χ4v) is 2.93. The lowest BCUT2D eigenvalue weighted by atomic mass is 9.98. The zero-order valence-corrected chi connectivity index (χ0v) is 14.9. The van der Waals surface area contributed by atoms with Gasteiger partial charge >= 0.3 is 0 Å². The molecule has 0 fully saturated rings. The van der Waals surface area contributed by atoms with Gasteiger partial charge in [0.2, 0.25) is 15.9 Å². The first-order valence-corrected chi connectivity index (χ1v) is 9.21. The predicted octanol–water partition coefficient (Wildman–Crippen LogP) is 2.09. The number of carbonyl (C=O) groups is 1. The standard InChI is InChI=1S/C18H22N2O3S/c1-14-9-11-16(12-10-14)18(15-7-5-4-6-8-15)19-17(21)13-24(22,23)20(2)3/h4-12,18H,13H2,1-3H3,(H,19,21)/t18-/m0/s1. The van der Waals surface area contributed by atoms with Crippen molar-refractivity contribution in [1.82, 2.24) is 9.62 Å². The molecule has 0 bridgehead atoms. The van der Waals surface area contributed by atoms with Crippen LogP contribution < -0.4 is 5.32 Å². The molecule has 0 radical (unpaired) electrons. The average Bonchev–Trinajstić information content (AvgIpc) is 2.54. The lowest BCUT2D eigenvalue weighted by molar-refractivity contribution is -0.119. The Morgan fingerprint density at radius 3 is 2.08 bits per heavy atom. The van der Waals surface area contributed by atoms with Gasteiger partial charge in [-0.3, -0.25) is 4.79 Å². The second-order valence-corrected chi connectivity index (χ2v) is 8.04. The molecule has 128 valence electrons. The largest absolute Gasteiger partial charge is 0.344 e. The van der Waals surface area contributed by atoms with Crippen molar-refractivity contribution in [1.29, 1.82) is 0 Å². The highest BCUT2D eigenvalue weighted by molar-refractivity contribution is 7.89. The summed E-state index contributed by atoms with van der Waals surface area (Å²) >= 11 is 0. The Hall–Kier alpha value is -2.18. The topological polar surface area (TPSA) is 66.5 Å². The fraction of sp³-hybridized carbons (Fsp3) is 0.278. The van der Waals surface area contributed by atoms with E-state index in [1.165, 1.54) is 14.1 Å². The molecule has 2 aromatic carbocycles. The first-order valence-electron chi connectivity index (χ1n) is 7.60. The lowest BCUT2D eigenvalue weighted by Gasteiger charge is -2.21. The third kappa shape index (κ3) is 4.66. The van der Waals surface area contributed by atoms with Crippen LogP contribution in [0.2, 0.25) is 0 Å². The van der Waals surface area contributed by atoms with Gasteiger partial charge in [0, 0.05) is 14.1 Å². The lowest BCUT2D eigenvalue weighted by Crippen LogP contribution is -2.38. The van der Waals surface area contributed by atoms with E-state index in [0.717, 1.165) is 21.0 Å². The van der Waals surface area contributed by atoms with Gasteiger partial charge in [0.05, 0.1) is 6.04 Å². The summed E-state index contributed by atoms with van der Waals surface area (Å²) in [4.78, 5) is 12.3. The number of benzene rings is 2.